The third-order valence-corrected chi connectivity index (χ3v) is 2.33. The van der Waals surface area contributed by atoms with Crippen LogP contribution in [0.1, 0.15) is 0 Å². The summed E-state index contributed by atoms with van der Waals surface area (Å²) in [5.41, 5.74) is 0. The first kappa shape index (κ1) is 8.51. The molecule has 0 atom stereocenters. The fourth-order valence-electron chi connectivity index (χ4n) is 1.32. The van der Waals surface area contributed by atoms with E-state index < -0.39 is 5.82 Å². The summed E-state index contributed by atoms with van der Waals surface area (Å²) in [6, 6.07) is 7.94. The molecule has 0 bridgehead atoms. The van der Waals surface area contributed by atoms with E-state index in [1.54, 1.807) is 18.2 Å². The zero-order valence-corrected chi connectivity index (χ0v) is 8.18. The van der Waals surface area contributed by atoms with Crippen LogP contribution >= 0.6 is 15.9 Å². The van der Waals surface area contributed by atoms with Gasteiger partial charge in [-0.05, 0) is 23.6 Å². The third-order valence-electron chi connectivity index (χ3n) is 1.87. The highest BCUT2D eigenvalue weighted by Gasteiger charge is 2.05. The molecule has 0 spiro atoms. The Morgan fingerprint density at radius 1 is 1.23 bits per heavy atom. The van der Waals surface area contributed by atoms with Gasteiger partial charge in [-0.2, -0.15) is 0 Å². The molecule has 3 heteroatoms. The minimum absolute atomic E-state index is 0.0394. The Morgan fingerprint density at radius 2 is 2.00 bits per heavy atom. The molecule has 66 valence electrons. The van der Waals surface area contributed by atoms with Crippen LogP contribution in [0.4, 0.5) is 4.39 Å². The summed E-state index contributed by atoms with van der Waals surface area (Å²) < 4.78 is 13.9. The normalized spacial score (nSPS) is 10.6. The van der Waals surface area contributed by atoms with Crippen LogP contribution in [0.2, 0.25) is 0 Å². The Hall–Kier alpha value is -1.09. The molecule has 1 nitrogen and oxygen atoms in total. The van der Waals surface area contributed by atoms with Crippen molar-refractivity contribution in [2.24, 2.45) is 0 Å². The SMILES string of the molecule is Oc1cc(Br)cc2cccc(F)c12. The molecule has 0 unspecified atom stereocenters. The van der Waals surface area contributed by atoms with Gasteiger partial charge in [0.25, 0.3) is 0 Å². The molecule has 1 N–H and O–H groups in total. The Morgan fingerprint density at radius 3 is 2.77 bits per heavy atom. The number of aromatic hydroxyl groups is 1. The predicted molar refractivity (Wildman–Crippen MR) is 53.3 cm³/mol. The first-order chi connectivity index (χ1) is 6.18. The Balaban J connectivity index is 2.94. The molecule has 0 aromatic heterocycles. The number of phenols is 1. The van der Waals surface area contributed by atoms with E-state index in [9.17, 15) is 9.50 Å². The van der Waals surface area contributed by atoms with Gasteiger partial charge in [0.15, 0.2) is 0 Å². The zero-order valence-electron chi connectivity index (χ0n) is 6.59. The van der Waals surface area contributed by atoms with E-state index in [4.69, 9.17) is 0 Å². The van der Waals surface area contributed by atoms with E-state index in [1.165, 1.54) is 12.1 Å². The monoisotopic (exact) mass is 240 g/mol. The van der Waals surface area contributed by atoms with E-state index in [1.807, 2.05) is 0 Å². The molecular formula is C10H6BrFO. The maximum Gasteiger partial charge on any atom is 0.134 e. The average Bonchev–Trinajstić information content (AvgIpc) is 2.02. The summed E-state index contributed by atoms with van der Waals surface area (Å²) in [6.45, 7) is 0. The van der Waals surface area contributed by atoms with Gasteiger partial charge >= 0.3 is 0 Å². The van der Waals surface area contributed by atoms with Gasteiger partial charge in [-0.3, -0.25) is 0 Å². The van der Waals surface area contributed by atoms with E-state index >= 15 is 0 Å². The Bertz CT molecular complexity index is 468. The minimum atomic E-state index is -0.400. The van der Waals surface area contributed by atoms with Crippen molar-refractivity contribution in [3.05, 3.63) is 40.6 Å². The second kappa shape index (κ2) is 3.00. The first-order valence-corrected chi connectivity index (χ1v) is 4.54. The summed E-state index contributed by atoms with van der Waals surface area (Å²) in [5.74, 6) is -0.440. The minimum Gasteiger partial charge on any atom is -0.507 e. The maximum absolute atomic E-state index is 13.2. The summed E-state index contributed by atoms with van der Waals surface area (Å²) in [5, 5.41) is 10.4. The lowest BCUT2D eigenvalue weighted by Gasteiger charge is -2.02. The van der Waals surface area contributed by atoms with Crippen LogP contribution in [0.5, 0.6) is 5.75 Å². The largest absolute Gasteiger partial charge is 0.507 e. The van der Waals surface area contributed by atoms with E-state index in [0.29, 0.717) is 5.39 Å². The van der Waals surface area contributed by atoms with Crippen LogP contribution in [-0.2, 0) is 0 Å². The van der Waals surface area contributed by atoms with Crippen molar-refractivity contribution < 1.29 is 9.50 Å². The van der Waals surface area contributed by atoms with Crippen molar-refractivity contribution in [1.82, 2.24) is 0 Å². The van der Waals surface area contributed by atoms with Crippen molar-refractivity contribution in [2.75, 3.05) is 0 Å². The number of hydrogen-bond donors (Lipinski definition) is 1. The fourth-order valence-corrected chi connectivity index (χ4v) is 1.79. The Labute approximate surface area is 82.9 Å². The summed E-state index contributed by atoms with van der Waals surface area (Å²) in [7, 11) is 0. The van der Waals surface area contributed by atoms with Crippen LogP contribution in [0, 0.1) is 5.82 Å². The van der Waals surface area contributed by atoms with E-state index in [-0.39, 0.29) is 11.1 Å². The van der Waals surface area contributed by atoms with Gasteiger partial charge in [0.1, 0.15) is 11.6 Å². The van der Waals surface area contributed by atoms with Gasteiger partial charge in [0, 0.05) is 4.47 Å². The molecule has 0 saturated heterocycles. The molecule has 0 saturated carbocycles. The van der Waals surface area contributed by atoms with Gasteiger partial charge in [-0.25, -0.2) is 4.39 Å². The molecule has 0 heterocycles. The van der Waals surface area contributed by atoms with E-state index in [2.05, 4.69) is 15.9 Å². The summed E-state index contributed by atoms with van der Waals surface area (Å²) in [6.07, 6.45) is 0. The number of halogens is 2. The van der Waals surface area contributed by atoms with Gasteiger partial charge in [0.05, 0.1) is 5.39 Å². The zero-order chi connectivity index (χ0) is 9.42. The lowest BCUT2D eigenvalue weighted by atomic mass is 10.1. The highest BCUT2D eigenvalue weighted by Crippen LogP contribution is 2.30. The highest BCUT2D eigenvalue weighted by molar-refractivity contribution is 9.10. The van der Waals surface area contributed by atoms with Gasteiger partial charge < -0.3 is 5.11 Å². The van der Waals surface area contributed by atoms with Crippen LogP contribution in [0.15, 0.2) is 34.8 Å². The number of hydrogen-bond acceptors (Lipinski definition) is 1. The molecular weight excluding hydrogens is 235 g/mol. The molecule has 13 heavy (non-hydrogen) atoms. The molecule has 0 fully saturated rings. The smallest absolute Gasteiger partial charge is 0.134 e. The standard InChI is InChI=1S/C10H6BrFO/c11-7-4-6-2-1-3-8(12)10(6)9(13)5-7/h1-5,13H. The van der Waals surface area contributed by atoms with Gasteiger partial charge in [-0.15, -0.1) is 0 Å². The lowest BCUT2D eigenvalue weighted by Crippen LogP contribution is -1.80. The molecule has 2 aromatic carbocycles. The van der Waals surface area contributed by atoms with Gasteiger partial charge in [0.2, 0.25) is 0 Å². The second-order valence-corrected chi connectivity index (χ2v) is 3.68. The lowest BCUT2D eigenvalue weighted by molar-refractivity contribution is 0.478. The van der Waals surface area contributed by atoms with E-state index in [0.717, 1.165) is 4.47 Å². The molecule has 2 aromatic rings. The fraction of sp³-hybridized carbons (Fsp3) is 0. The molecule has 0 radical (unpaired) electrons. The highest BCUT2D eigenvalue weighted by atomic mass is 79.9. The molecule has 0 aliphatic heterocycles. The predicted octanol–water partition coefficient (Wildman–Crippen LogP) is 3.45. The van der Waals surface area contributed by atoms with Gasteiger partial charge in [-0.1, -0.05) is 28.1 Å². The number of benzene rings is 2. The maximum atomic E-state index is 13.2. The van der Waals surface area contributed by atoms with Crippen LogP contribution < -0.4 is 0 Å². The van der Waals surface area contributed by atoms with Crippen LogP contribution in [-0.4, -0.2) is 5.11 Å². The van der Waals surface area contributed by atoms with Crippen molar-refractivity contribution in [1.29, 1.82) is 0 Å². The average molecular weight is 241 g/mol. The quantitative estimate of drug-likeness (QED) is 0.748. The molecule has 0 aliphatic carbocycles. The third kappa shape index (κ3) is 1.40. The Kier molecular flexibility index (Phi) is 1.96. The molecule has 0 aliphatic rings. The molecule has 0 amide bonds. The van der Waals surface area contributed by atoms with Crippen LogP contribution in [0.3, 0.4) is 0 Å². The molecule has 2 rings (SSSR count). The second-order valence-electron chi connectivity index (χ2n) is 2.76. The van der Waals surface area contributed by atoms with Crippen molar-refractivity contribution in [3.8, 4) is 5.75 Å². The topological polar surface area (TPSA) is 20.2 Å². The first-order valence-electron chi connectivity index (χ1n) is 3.75. The number of fused-ring (bicyclic) bond motifs is 1. The number of rotatable bonds is 0. The van der Waals surface area contributed by atoms with Crippen LogP contribution in [0.25, 0.3) is 10.8 Å². The van der Waals surface area contributed by atoms with Crippen molar-refractivity contribution in [2.45, 2.75) is 0 Å². The van der Waals surface area contributed by atoms with Crippen molar-refractivity contribution in [3.63, 3.8) is 0 Å². The van der Waals surface area contributed by atoms with Crippen molar-refractivity contribution >= 4 is 26.7 Å². The number of phenolic OH excluding ortho intramolecular Hbond substituents is 1. The summed E-state index contributed by atoms with van der Waals surface area (Å²) in [4.78, 5) is 0. The summed E-state index contributed by atoms with van der Waals surface area (Å²) >= 11 is 3.23.